The van der Waals surface area contributed by atoms with Gasteiger partial charge in [0.15, 0.2) is 0 Å². The number of aryl methyl sites for hydroxylation is 1. The number of para-hydroxylation sites is 1. The summed E-state index contributed by atoms with van der Waals surface area (Å²) >= 11 is 0. The van der Waals surface area contributed by atoms with E-state index in [1.807, 2.05) is 36.4 Å². The van der Waals surface area contributed by atoms with Crippen molar-refractivity contribution in [3.05, 3.63) is 65.7 Å². The summed E-state index contributed by atoms with van der Waals surface area (Å²) in [5.41, 5.74) is 3.11. The first-order valence-electron chi connectivity index (χ1n) is 9.67. The Morgan fingerprint density at radius 1 is 1.15 bits per heavy atom. The Labute approximate surface area is 160 Å². The average molecular weight is 362 g/mol. The molecule has 0 radical (unpaired) electrons. The maximum atomic E-state index is 9.86. The number of rotatable bonds is 5. The molecule has 0 saturated carbocycles. The summed E-state index contributed by atoms with van der Waals surface area (Å²) in [5, 5.41) is 10.9. The van der Waals surface area contributed by atoms with E-state index in [0.29, 0.717) is 12.5 Å². The highest BCUT2D eigenvalue weighted by molar-refractivity contribution is 5.81. The quantitative estimate of drug-likeness (QED) is 0.734. The molecule has 27 heavy (non-hydrogen) atoms. The van der Waals surface area contributed by atoms with Gasteiger partial charge in [-0.15, -0.1) is 0 Å². The molecule has 1 N–H and O–H groups in total. The van der Waals surface area contributed by atoms with E-state index >= 15 is 0 Å². The maximum absolute atomic E-state index is 9.86. The van der Waals surface area contributed by atoms with Crippen molar-refractivity contribution in [2.45, 2.75) is 26.4 Å². The zero-order valence-electron chi connectivity index (χ0n) is 15.8. The number of anilines is 1. The van der Waals surface area contributed by atoms with E-state index in [-0.39, 0.29) is 6.61 Å². The molecule has 0 amide bonds. The fourth-order valence-electron chi connectivity index (χ4n) is 3.78. The molecule has 1 aliphatic rings. The van der Waals surface area contributed by atoms with Crippen molar-refractivity contribution in [2.24, 2.45) is 5.92 Å². The second kappa shape index (κ2) is 7.97. The van der Waals surface area contributed by atoms with Gasteiger partial charge >= 0.3 is 0 Å². The van der Waals surface area contributed by atoms with Gasteiger partial charge in [-0.25, -0.2) is 4.98 Å². The summed E-state index contributed by atoms with van der Waals surface area (Å²) in [6.07, 6.45) is 2.27. The van der Waals surface area contributed by atoms with Gasteiger partial charge < -0.3 is 14.7 Å². The van der Waals surface area contributed by atoms with Crippen LogP contribution in [0.2, 0.25) is 0 Å². The van der Waals surface area contributed by atoms with Gasteiger partial charge in [0.2, 0.25) is 0 Å². The van der Waals surface area contributed by atoms with Gasteiger partial charge in [-0.05, 0) is 44.0 Å². The molecule has 1 fully saturated rings. The molecule has 4 nitrogen and oxygen atoms in total. The Bertz CT molecular complexity index is 908. The largest absolute Gasteiger partial charge is 0.493 e. The molecule has 140 valence electrons. The topological polar surface area (TPSA) is 45.6 Å². The molecule has 4 heteroatoms. The van der Waals surface area contributed by atoms with Gasteiger partial charge in [0.1, 0.15) is 11.6 Å². The molecule has 1 atom stereocenters. The van der Waals surface area contributed by atoms with E-state index in [1.165, 1.54) is 5.56 Å². The number of piperidine rings is 1. The minimum absolute atomic E-state index is 0.00814. The van der Waals surface area contributed by atoms with Crippen LogP contribution < -0.4 is 9.64 Å². The highest BCUT2D eigenvalue weighted by Gasteiger charge is 2.23. The summed E-state index contributed by atoms with van der Waals surface area (Å²) in [7, 11) is 0. The van der Waals surface area contributed by atoms with Crippen LogP contribution >= 0.6 is 0 Å². The fourth-order valence-corrected chi connectivity index (χ4v) is 3.78. The molecule has 0 unspecified atom stereocenters. The second-order valence-electron chi connectivity index (χ2n) is 7.40. The standard InChI is InChI=1S/C23H26N2O2/c1-17-8-10-21(11-9-17)27-16-18-5-4-12-25(14-18)23-20(15-26)13-19-6-2-3-7-22(19)24-23/h2-3,6-11,13,18,26H,4-5,12,14-16H2,1H3/t18-/m0/s1. The highest BCUT2D eigenvalue weighted by atomic mass is 16.5. The Balaban J connectivity index is 1.49. The van der Waals surface area contributed by atoms with Crippen molar-refractivity contribution >= 4 is 16.7 Å². The average Bonchev–Trinajstić information content (AvgIpc) is 2.72. The molecule has 1 saturated heterocycles. The minimum atomic E-state index is 0.00814. The number of aliphatic hydroxyl groups excluding tert-OH is 1. The molecule has 2 heterocycles. The first-order chi connectivity index (χ1) is 13.2. The lowest BCUT2D eigenvalue weighted by atomic mass is 9.98. The summed E-state index contributed by atoms with van der Waals surface area (Å²) < 4.78 is 6.02. The second-order valence-corrected chi connectivity index (χ2v) is 7.40. The Morgan fingerprint density at radius 3 is 2.78 bits per heavy atom. The SMILES string of the molecule is Cc1ccc(OC[C@H]2CCCN(c3nc4ccccc4cc3CO)C2)cc1. The molecule has 1 aromatic heterocycles. The number of nitrogens with zero attached hydrogens (tertiary/aromatic N) is 2. The van der Waals surface area contributed by atoms with Crippen LogP contribution in [0.25, 0.3) is 10.9 Å². The third-order valence-corrected chi connectivity index (χ3v) is 5.28. The summed E-state index contributed by atoms with van der Waals surface area (Å²) in [5.74, 6) is 2.30. The van der Waals surface area contributed by atoms with E-state index < -0.39 is 0 Å². The van der Waals surface area contributed by atoms with Crippen LogP contribution in [0.4, 0.5) is 5.82 Å². The lowest BCUT2D eigenvalue weighted by molar-refractivity contribution is 0.228. The van der Waals surface area contributed by atoms with E-state index in [2.05, 4.69) is 30.0 Å². The summed E-state index contributed by atoms with van der Waals surface area (Å²) in [6.45, 7) is 4.68. The fraction of sp³-hybridized carbons (Fsp3) is 0.348. The van der Waals surface area contributed by atoms with Crippen molar-refractivity contribution in [1.29, 1.82) is 0 Å². The van der Waals surface area contributed by atoms with E-state index in [0.717, 1.165) is 54.0 Å². The molecular weight excluding hydrogens is 336 g/mol. The number of benzene rings is 2. The van der Waals surface area contributed by atoms with Crippen LogP contribution in [0.15, 0.2) is 54.6 Å². The van der Waals surface area contributed by atoms with Crippen LogP contribution in [-0.2, 0) is 6.61 Å². The van der Waals surface area contributed by atoms with Crippen LogP contribution in [0.1, 0.15) is 24.0 Å². The van der Waals surface area contributed by atoms with E-state index in [9.17, 15) is 5.11 Å². The van der Waals surface area contributed by atoms with E-state index in [4.69, 9.17) is 9.72 Å². The van der Waals surface area contributed by atoms with Gasteiger partial charge in [0.25, 0.3) is 0 Å². The first kappa shape index (κ1) is 17.8. The summed E-state index contributed by atoms with van der Waals surface area (Å²) in [6, 6.07) is 18.4. The highest BCUT2D eigenvalue weighted by Crippen LogP contribution is 2.28. The third kappa shape index (κ3) is 4.06. The van der Waals surface area contributed by atoms with Gasteiger partial charge in [-0.1, -0.05) is 35.9 Å². The maximum Gasteiger partial charge on any atom is 0.134 e. The molecule has 0 bridgehead atoms. The molecule has 4 rings (SSSR count). The zero-order chi connectivity index (χ0) is 18.6. The Hall–Kier alpha value is -2.59. The number of fused-ring (bicyclic) bond motifs is 1. The Morgan fingerprint density at radius 2 is 1.96 bits per heavy atom. The van der Waals surface area contributed by atoms with Gasteiger partial charge in [0, 0.05) is 30.0 Å². The van der Waals surface area contributed by atoms with Crippen molar-refractivity contribution < 1.29 is 9.84 Å². The van der Waals surface area contributed by atoms with Gasteiger partial charge in [0.05, 0.1) is 18.7 Å². The molecule has 2 aromatic carbocycles. The predicted octanol–water partition coefficient (Wildman–Crippen LogP) is 4.33. The van der Waals surface area contributed by atoms with Gasteiger partial charge in [-0.2, -0.15) is 0 Å². The molecule has 1 aliphatic heterocycles. The Kier molecular flexibility index (Phi) is 5.26. The van der Waals surface area contributed by atoms with Crippen LogP contribution in [0, 0.1) is 12.8 Å². The first-order valence-corrected chi connectivity index (χ1v) is 9.67. The van der Waals surface area contributed by atoms with Crippen molar-refractivity contribution in [3.63, 3.8) is 0 Å². The zero-order valence-corrected chi connectivity index (χ0v) is 15.8. The molecule has 0 spiro atoms. The van der Waals surface area contributed by atoms with Gasteiger partial charge in [-0.3, -0.25) is 0 Å². The normalized spacial score (nSPS) is 17.3. The van der Waals surface area contributed by atoms with Crippen molar-refractivity contribution in [1.82, 2.24) is 4.98 Å². The van der Waals surface area contributed by atoms with Crippen molar-refractivity contribution in [2.75, 3.05) is 24.6 Å². The predicted molar refractivity (Wildman–Crippen MR) is 109 cm³/mol. The monoisotopic (exact) mass is 362 g/mol. The molecular formula is C23H26N2O2. The number of aromatic nitrogens is 1. The number of pyridine rings is 1. The van der Waals surface area contributed by atoms with E-state index in [1.54, 1.807) is 0 Å². The lowest BCUT2D eigenvalue weighted by Gasteiger charge is -2.34. The summed E-state index contributed by atoms with van der Waals surface area (Å²) in [4.78, 5) is 7.17. The minimum Gasteiger partial charge on any atom is -0.493 e. The molecule has 0 aliphatic carbocycles. The smallest absolute Gasteiger partial charge is 0.134 e. The number of aliphatic hydroxyl groups is 1. The third-order valence-electron chi connectivity index (χ3n) is 5.28. The van der Waals surface area contributed by atoms with Crippen LogP contribution in [0.5, 0.6) is 5.75 Å². The lowest BCUT2D eigenvalue weighted by Crippen LogP contribution is -2.38. The van der Waals surface area contributed by atoms with Crippen LogP contribution in [0.3, 0.4) is 0 Å². The number of hydrogen-bond acceptors (Lipinski definition) is 4. The van der Waals surface area contributed by atoms with Crippen LogP contribution in [-0.4, -0.2) is 29.8 Å². The molecule has 3 aromatic rings. The van der Waals surface area contributed by atoms with Crippen molar-refractivity contribution in [3.8, 4) is 5.75 Å². The number of hydrogen-bond donors (Lipinski definition) is 1. The number of ether oxygens (including phenoxy) is 1.